The van der Waals surface area contributed by atoms with Crippen LogP contribution < -0.4 is 18.9 Å². The fourth-order valence-electron chi connectivity index (χ4n) is 4.76. The smallest absolute Gasteiger partial charge is 0.165 e. The average molecular weight is 369 g/mol. The Hall–Kier alpha value is -2.40. The van der Waals surface area contributed by atoms with Gasteiger partial charge in [-0.2, -0.15) is 0 Å². The van der Waals surface area contributed by atoms with E-state index >= 15 is 0 Å². The van der Waals surface area contributed by atoms with Gasteiger partial charge in [-0.05, 0) is 41.3 Å². The molecule has 5 heteroatoms. The van der Waals surface area contributed by atoms with Gasteiger partial charge in [0, 0.05) is 30.6 Å². The van der Waals surface area contributed by atoms with E-state index in [0.29, 0.717) is 12.0 Å². The Morgan fingerprint density at radius 1 is 0.852 bits per heavy atom. The van der Waals surface area contributed by atoms with Crippen molar-refractivity contribution in [3.8, 4) is 23.0 Å². The zero-order valence-corrected chi connectivity index (χ0v) is 16.7. The zero-order valence-electron chi connectivity index (χ0n) is 16.7. The Labute approximate surface area is 160 Å². The summed E-state index contributed by atoms with van der Waals surface area (Å²) in [6.45, 7) is 4.17. The lowest BCUT2D eigenvalue weighted by Crippen LogP contribution is -2.41. The molecule has 0 radical (unpaired) electrons. The van der Waals surface area contributed by atoms with Gasteiger partial charge in [-0.3, -0.25) is 4.90 Å². The Morgan fingerprint density at radius 3 is 2.22 bits per heavy atom. The van der Waals surface area contributed by atoms with E-state index in [1.807, 2.05) is 6.07 Å². The summed E-state index contributed by atoms with van der Waals surface area (Å²) in [5.74, 6) is 3.60. The molecule has 0 unspecified atom stereocenters. The maximum atomic E-state index is 5.71. The topological polar surface area (TPSA) is 40.2 Å². The standard InChI is InChI=1S/C22H27NO4/c1-13-15-6-7-18(24-2)22(27-5)17(15)12-23-9-8-14-10-19(25-3)20(26-4)11-16(14)21(13)23/h6-7,10-11,13,21H,8-9,12H2,1-5H3/t13-,21-/m0/s1. The van der Waals surface area contributed by atoms with E-state index in [2.05, 4.69) is 30.0 Å². The highest BCUT2D eigenvalue weighted by atomic mass is 16.5. The molecule has 4 rings (SSSR count). The van der Waals surface area contributed by atoms with Crippen molar-refractivity contribution in [2.75, 3.05) is 35.0 Å². The van der Waals surface area contributed by atoms with Gasteiger partial charge in [0.1, 0.15) is 0 Å². The average Bonchev–Trinajstić information content (AvgIpc) is 2.71. The Bertz CT molecular complexity index is 864. The molecule has 0 saturated carbocycles. The lowest BCUT2D eigenvalue weighted by molar-refractivity contribution is 0.136. The molecule has 144 valence electrons. The first-order valence-electron chi connectivity index (χ1n) is 9.35. The lowest BCUT2D eigenvalue weighted by atomic mass is 9.77. The van der Waals surface area contributed by atoms with E-state index < -0.39 is 0 Å². The highest BCUT2D eigenvalue weighted by molar-refractivity contribution is 5.56. The summed E-state index contributed by atoms with van der Waals surface area (Å²) in [5, 5.41) is 0. The van der Waals surface area contributed by atoms with Crippen molar-refractivity contribution < 1.29 is 18.9 Å². The minimum Gasteiger partial charge on any atom is -0.493 e. The van der Waals surface area contributed by atoms with Crippen LogP contribution in [0.5, 0.6) is 23.0 Å². The van der Waals surface area contributed by atoms with Gasteiger partial charge in [-0.25, -0.2) is 0 Å². The first-order chi connectivity index (χ1) is 13.1. The summed E-state index contributed by atoms with van der Waals surface area (Å²) in [6.07, 6.45) is 1.00. The van der Waals surface area contributed by atoms with Crippen LogP contribution in [0.4, 0.5) is 0 Å². The van der Waals surface area contributed by atoms with E-state index in [9.17, 15) is 0 Å². The molecule has 0 fully saturated rings. The van der Waals surface area contributed by atoms with E-state index in [1.54, 1.807) is 28.4 Å². The van der Waals surface area contributed by atoms with Crippen LogP contribution in [0, 0.1) is 0 Å². The summed E-state index contributed by atoms with van der Waals surface area (Å²) in [7, 11) is 6.80. The number of hydrogen-bond acceptors (Lipinski definition) is 5. The molecule has 0 saturated heterocycles. The second-order valence-corrected chi connectivity index (χ2v) is 7.23. The van der Waals surface area contributed by atoms with Gasteiger partial charge in [0.25, 0.3) is 0 Å². The molecular weight excluding hydrogens is 342 g/mol. The predicted molar refractivity (Wildman–Crippen MR) is 104 cm³/mol. The van der Waals surface area contributed by atoms with Crippen LogP contribution >= 0.6 is 0 Å². The van der Waals surface area contributed by atoms with Crippen LogP contribution in [0.2, 0.25) is 0 Å². The maximum Gasteiger partial charge on any atom is 0.165 e. The van der Waals surface area contributed by atoms with E-state index in [0.717, 1.165) is 42.5 Å². The molecule has 0 spiro atoms. The van der Waals surface area contributed by atoms with Crippen molar-refractivity contribution in [1.82, 2.24) is 4.90 Å². The monoisotopic (exact) mass is 369 g/mol. The minimum absolute atomic E-state index is 0.319. The first-order valence-corrected chi connectivity index (χ1v) is 9.35. The van der Waals surface area contributed by atoms with Gasteiger partial charge >= 0.3 is 0 Å². The largest absolute Gasteiger partial charge is 0.493 e. The molecule has 2 aromatic rings. The molecule has 2 aliphatic rings. The van der Waals surface area contributed by atoms with E-state index in [-0.39, 0.29) is 0 Å². The highest BCUT2D eigenvalue weighted by Crippen LogP contribution is 2.50. The number of methoxy groups -OCH3 is 4. The molecule has 5 nitrogen and oxygen atoms in total. The number of ether oxygens (including phenoxy) is 4. The van der Waals surface area contributed by atoms with Gasteiger partial charge in [0.05, 0.1) is 28.4 Å². The second kappa shape index (κ2) is 6.97. The quantitative estimate of drug-likeness (QED) is 0.816. The predicted octanol–water partition coefficient (Wildman–Crippen LogP) is 3.94. The van der Waals surface area contributed by atoms with Crippen molar-refractivity contribution in [2.24, 2.45) is 0 Å². The summed E-state index contributed by atoms with van der Waals surface area (Å²) < 4.78 is 22.3. The maximum absolute atomic E-state index is 5.71. The molecule has 0 aliphatic carbocycles. The molecular formula is C22H27NO4. The molecule has 0 aromatic heterocycles. The third kappa shape index (κ3) is 2.72. The van der Waals surface area contributed by atoms with Gasteiger partial charge in [-0.15, -0.1) is 0 Å². The molecule has 0 amide bonds. The fraction of sp³-hybridized carbons (Fsp3) is 0.455. The summed E-state index contributed by atoms with van der Waals surface area (Å²) >= 11 is 0. The Morgan fingerprint density at radius 2 is 1.56 bits per heavy atom. The van der Waals surface area contributed by atoms with Crippen LogP contribution in [0.25, 0.3) is 0 Å². The van der Waals surface area contributed by atoms with Gasteiger partial charge < -0.3 is 18.9 Å². The molecule has 0 N–H and O–H groups in total. The highest BCUT2D eigenvalue weighted by Gasteiger charge is 2.39. The fourth-order valence-corrected chi connectivity index (χ4v) is 4.76. The number of rotatable bonds is 4. The Balaban J connectivity index is 1.82. The number of hydrogen-bond donors (Lipinski definition) is 0. The molecule has 2 aromatic carbocycles. The summed E-state index contributed by atoms with van der Waals surface area (Å²) in [4.78, 5) is 2.54. The van der Waals surface area contributed by atoms with Crippen molar-refractivity contribution in [3.63, 3.8) is 0 Å². The third-order valence-electron chi connectivity index (χ3n) is 6.04. The van der Waals surface area contributed by atoms with Crippen molar-refractivity contribution in [1.29, 1.82) is 0 Å². The molecule has 2 atom stereocenters. The lowest BCUT2D eigenvalue weighted by Gasteiger charge is -2.45. The van der Waals surface area contributed by atoms with Crippen molar-refractivity contribution in [2.45, 2.75) is 31.8 Å². The minimum atomic E-state index is 0.319. The van der Waals surface area contributed by atoms with Gasteiger partial charge in [-0.1, -0.05) is 13.0 Å². The SMILES string of the molecule is COc1cc2c(cc1OC)[C@@H]1[C@@H](C)c3ccc(OC)c(OC)c3CN1CC2. The number of benzene rings is 2. The normalized spacial score (nSPS) is 20.9. The van der Waals surface area contributed by atoms with E-state index in [4.69, 9.17) is 18.9 Å². The van der Waals surface area contributed by atoms with Crippen molar-refractivity contribution >= 4 is 0 Å². The summed E-state index contributed by atoms with van der Waals surface area (Å²) in [6, 6.07) is 8.82. The van der Waals surface area contributed by atoms with E-state index in [1.165, 1.54) is 22.3 Å². The van der Waals surface area contributed by atoms with Gasteiger partial charge in [0.15, 0.2) is 23.0 Å². The van der Waals surface area contributed by atoms with Crippen molar-refractivity contribution in [3.05, 3.63) is 46.5 Å². The van der Waals surface area contributed by atoms with Gasteiger partial charge in [0.2, 0.25) is 0 Å². The molecule has 2 aliphatic heterocycles. The molecule has 0 bridgehead atoms. The summed E-state index contributed by atoms with van der Waals surface area (Å²) in [5.41, 5.74) is 5.26. The number of nitrogens with zero attached hydrogens (tertiary/aromatic N) is 1. The molecule has 2 heterocycles. The first kappa shape index (κ1) is 18.0. The van der Waals surface area contributed by atoms with Crippen LogP contribution in [0.15, 0.2) is 24.3 Å². The molecule has 27 heavy (non-hydrogen) atoms. The zero-order chi connectivity index (χ0) is 19.1. The Kier molecular flexibility index (Phi) is 4.64. The van der Waals surface area contributed by atoms with Crippen LogP contribution in [-0.4, -0.2) is 39.9 Å². The number of fused-ring (bicyclic) bond motifs is 4. The third-order valence-corrected chi connectivity index (χ3v) is 6.04. The van der Waals surface area contributed by atoms with Crippen LogP contribution in [-0.2, 0) is 13.0 Å². The van der Waals surface area contributed by atoms with Crippen LogP contribution in [0.1, 0.15) is 41.1 Å². The second-order valence-electron chi connectivity index (χ2n) is 7.23. The van der Waals surface area contributed by atoms with Crippen LogP contribution in [0.3, 0.4) is 0 Å².